The molecule has 0 heterocycles. The second-order valence-electron chi connectivity index (χ2n) is 4.21. The summed E-state index contributed by atoms with van der Waals surface area (Å²) in [6, 6.07) is 1.41. The van der Waals surface area contributed by atoms with E-state index in [-0.39, 0.29) is 23.7 Å². The summed E-state index contributed by atoms with van der Waals surface area (Å²) in [5.41, 5.74) is -0.113. The van der Waals surface area contributed by atoms with Gasteiger partial charge in [0.05, 0.1) is 4.83 Å². The first-order chi connectivity index (χ1) is 7.99. The molecule has 0 aromatic heterocycles. The van der Waals surface area contributed by atoms with Crippen molar-refractivity contribution in [1.82, 2.24) is 0 Å². The van der Waals surface area contributed by atoms with Crippen LogP contribution >= 0.6 is 15.9 Å². The summed E-state index contributed by atoms with van der Waals surface area (Å²) in [7, 11) is 0. The highest BCUT2D eigenvalue weighted by Crippen LogP contribution is 2.33. The number of rotatable bonds is 4. The molecule has 0 bridgehead atoms. The van der Waals surface area contributed by atoms with Gasteiger partial charge in [-0.3, -0.25) is 4.79 Å². The zero-order valence-corrected chi connectivity index (χ0v) is 10.4. The van der Waals surface area contributed by atoms with Gasteiger partial charge >= 0.3 is 0 Å². The predicted octanol–water partition coefficient (Wildman–Crippen LogP) is 3.39. The lowest BCUT2D eigenvalue weighted by molar-refractivity contribution is -0.119. The number of halogens is 4. The van der Waals surface area contributed by atoms with Gasteiger partial charge in [-0.15, -0.1) is 0 Å². The van der Waals surface area contributed by atoms with E-state index in [0.717, 1.165) is 18.9 Å². The Bertz CT molecular complexity index is 457. The van der Waals surface area contributed by atoms with Gasteiger partial charge in [-0.05, 0) is 30.9 Å². The quantitative estimate of drug-likeness (QED) is 0.615. The standard InChI is InChI=1S/C12H10BrF3O/c13-9(12(17)6-1-2-6)4-7-3-8(14)5-10(15)11(7)16/h3,5-6,9H,1-2,4H2. The van der Waals surface area contributed by atoms with Crippen molar-refractivity contribution in [2.45, 2.75) is 24.1 Å². The Morgan fingerprint density at radius 2 is 2.00 bits per heavy atom. The molecule has 1 aromatic carbocycles. The highest BCUT2D eigenvalue weighted by atomic mass is 79.9. The van der Waals surface area contributed by atoms with Crippen LogP contribution in [-0.2, 0) is 11.2 Å². The molecule has 0 aliphatic heterocycles. The fraction of sp³-hybridized carbons (Fsp3) is 0.417. The number of ketones is 1. The molecule has 2 rings (SSSR count). The number of Topliss-reactive ketones (excluding diaryl/α,β-unsaturated/α-hetero) is 1. The van der Waals surface area contributed by atoms with Crippen LogP contribution in [0.5, 0.6) is 0 Å². The van der Waals surface area contributed by atoms with Crippen LogP contribution in [0.4, 0.5) is 13.2 Å². The van der Waals surface area contributed by atoms with E-state index in [9.17, 15) is 18.0 Å². The maximum Gasteiger partial charge on any atom is 0.162 e. The van der Waals surface area contributed by atoms with E-state index in [1.54, 1.807) is 0 Å². The number of carbonyl (C=O) groups excluding carboxylic acids is 1. The number of hydrogen-bond donors (Lipinski definition) is 0. The summed E-state index contributed by atoms with van der Waals surface area (Å²) in [5, 5.41) is 0. The molecule has 0 spiro atoms. The highest BCUT2D eigenvalue weighted by Gasteiger charge is 2.34. The number of alkyl halides is 1. The van der Waals surface area contributed by atoms with Gasteiger partial charge < -0.3 is 0 Å². The first-order valence-electron chi connectivity index (χ1n) is 5.30. The van der Waals surface area contributed by atoms with Crippen molar-refractivity contribution in [3.8, 4) is 0 Å². The predicted molar refractivity (Wildman–Crippen MR) is 60.5 cm³/mol. The Morgan fingerprint density at radius 3 is 2.59 bits per heavy atom. The SMILES string of the molecule is O=C(C(Br)Cc1cc(F)cc(F)c1F)C1CC1. The second kappa shape index (κ2) is 4.80. The van der Waals surface area contributed by atoms with E-state index in [0.29, 0.717) is 6.07 Å². The molecule has 92 valence electrons. The molecule has 1 aliphatic carbocycles. The van der Waals surface area contributed by atoms with E-state index >= 15 is 0 Å². The second-order valence-corrected chi connectivity index (χ2v) is 5.31. The molecule has 17 heavy (non-hydrogen) atoms. The molecule has 0 N–H and O–H groups in total. The molecule has 0 radical (unpaired) electrons. The molecular formula is C12H10BrF3O. The van der Waals surface area contributed by atoms with E-state index in [1.165, 1.54) is 0 Å². The van der Waals surface area contributed by atoms with Crippen molar-refractivity contribution in [3.63, 3.8) is 0 Å². The molecule has 1 fully saturated rings. The smallest absolute Gasteiger partial charge is 0.162 e. The van der Waals surface area contributed by atoms with Gasteiger partial charge in [-0.2, -0.15) is 0 Å². The number of hydrogen-bond acceptors (Lipinski definition) is 1. The van der Waals surface area contributed by atoms with Crippen LogP contribution in [0.2, 0.25) is 0 Å². The topological polar surface area (TPSA) is 17.1 Å². The Balaban J connectivity index is 2.14. The van der Waals surface area contributed by atoms with E-state index in [4.69, 9.17) is 0 Å². The van der Waals surface area contributed by atoms with Crippen molar-refractivity contribution in [1.29, 1.82) is 0 Å². The van der Waals surface area contributed by atoms with Crippen molar-refractivity contribution in [2.24, 2.45) is 5.92 Å². The van der Waals surface area contributed by atoms with Crippen LogP contribution in [0.25, 0.3) is 0 Å². The fourth-order valence-corrected chi connectivity index (χ4v) is 2.40. The van der Waals surface area contributed by atoms with Crippen LogP contribution in [0.1, 0.15) is 18.4 Å². The third-order valence-electron chi connectivity index (χ3n) is 2.76. The summed E-state index contributed by atoms with van der Waals surface area (Å²) in [6.07, 6.45) is 1.66. The number of benzene rings is 1. The van der Waals surface area contributed by atoms with E-state index in [2.05, 4.69) is 15.9 Å². The highest BCUT2D eigenvalue weighted by molar-refractivity contribution is 9.10. The molecule has 1 atom stereocenters. The fourth-order valence-electron chi connectivity index (χ4n) is 1.68. The van der Waals surface area contributed by atoms with Gasteiger partial charge in [0.1, 0.15) is 11.6 Å². The van der Waals surface area contributed by atoms with Gasteiger partial charge in [0, 0.05) is 12.0 Å². The zero-order valence-electron chi connectivity index (χ0n) is 8.85. The lowest BCUT2D eigenvalue weighted by Crippen LogP contribution is -2.19. The summed E-state index contributed by atoms with van der Waals surface area (Å²) in [6.45, 7) is 0. The third-order valence-corrected chi connectivity index (χ3v) is 3.53. The van der Waals surface area contributed by atoms with Crippen LogP contribution in [-0.4, -0.2) is 10.6 Å². The maximum absolute atomic E-state index is 13.3. The zero-order chi connectivity index (χ0) is 12.6. The van der Waals surface area contributed by atoms with E-state index < -0.39 is 22.3 Å². The summed E-state index contributed by atoms with van der Waals surface area (Å²) >= 11 is 3.14. The lowest BCUT2D eigenvalue weighted by atomic mass is 10.0. The average molecular weight is 307 g/mol. The maximum atomic E-state index is 13.3. The van der Waals surface area contributed by atoms with Crippen LogP contribution in [0.15, 0.2) is 12.1 Å². The van der Waals surface area contributed by atoms with Crippen molar-refractivity contribution >= 4 is 21.7 Å². The van der Waals surface area contributed by atoms with Crippen molar-refractivity contribution in [2.75, 3.05) is 0 Å². The lowest BCUT2D eigenvalue weighted by Gasteiger charge is -2.09. The summed E-state index contributed by atoms with van der Waals surface area (Å²) in [5.74, 6) is -3.13. The minimum absolute atomic E-state index is 0.0194. The molecule has 1 saturated carbocycles. The summed E-state index contributed by atoms with van der Waals surface area (Å²) in [4.78, 5) is 11.1. The van der Waals surface area contributed by atoms with Gasteiger partial charge in [0.2, 0.25) is 0 Å². The minimum atomic E-state index is -1.22. The molecule has 5 heteroatoms. The summed E-state index contributed by atoms with van der Waals surface area (Å²) < 4.78 is 39.2. The molecule has 1 nitrogen and oxygen atoms in total. The molecule has 1 unspecified atom stereocenters. The molecule has 0 amide bonds. The van der Waals surface area contributed by atoms with Crippen LogP contribution in [0.3, 0.4) is 0 Å². The molecule has 0 saturated heterocycles. The molecular weight excluding hydrogens is 297 g/mol. The van der Waals surface area contributed by atoms with Gasteiger partial charge in [-0.25, -0.2) is 13.2 Å². The normalized spacial score (nSPS) is 16.9. The van der Waals surface area contributed by atoms with Crippen molar-refractivity contribution in [3.05, 3.63) is 35.1 Å². The third kappa shape index (κ3) is 2.89. The monoisotopic (exact) mass is 306 g/mol. The Kier molecular flexibility index (Phi) is 3.56. The van der Waals surface area contributed by atoms with Gasteiger partial charge in [-0.1, -0.05) is 15.9 Å². The Morgan fingerprint density at radius 1 is 1.35 bits per heavy atom. The molecule has 1 aromatic rings. The van der Waals surface area contributed by atoms with Crippen molar-refractivity contribution < 1.29 is 18.0 Å². The van der Waals surface area contributed by atoms with Crippen LogP contribution < -0.4 is 0 Å². The Labute approximate surface area is 105 Å². The first kappa shape index (κ1) is 12.6. The first-order valence-corrected chi connectivity index (χ1v) is 6.22. The van der Waals surface area contributed by atoms with Gasteiger partial charge in [0.15, 0.2) is 11.6 Å². The molecule has 1 aliphatic rings. The minimum Gasteiger partial charge on any atom is -0.298 e. The largest absolute Gasteiger partial charge is 0.298 e. The average Bonchev–Trinajstić information content (AvgIpc) is 3.07. The Hall–Kier alpha value is -0.840. The van der Waals surface area contributed by atoms with Crippen LogP contribution in [0, 0.1) is 23.4 Å². The van der Waals surface area contributed by atoms with Gasteiger partial charge in [0.25, 0.3) is 0 Å². The number of carbonyl (C=O) groups is 1. The van der Waals surface area contributed by atoms with E-state index in [1.807, 2.05) is 0 Å².